The van der Waals surface area contributed by atoms with Crippen LogP contribution in [0.3, 0.4) is 0 Å². The summed E-state index contributed by atoms with van der Waals surface area (Å²) in [6.45, 7) is 0. The van der Waals surface area contributed by atoms with E-state index >= 15 is 0 Å². The van der Waals surface area contributed by atoms with Crippen molar-refractivity contribution in [3.8, 4) is 11.1 Å². The van der Waals surface area contributed by atoms with Crippen molar-refractivity contribution in [3.05, 3.63) is 41.0 Å². The molecule has 1 aliphatic rings. The highest BCUT2D eigenvalue weighted by molar-refractivity contribution is 9.10. The second kappa shape index (κ2) is 4.94. The maximum atomic E-state index is 5.91. The number of nitrogens with two attached hydrogens (primary N) is 1. The number of aromatic nitrogens is 1. The van der Waals surface area contributed by atoms with Crippen LogP contribution in [0.1, 0.15) is 12.8 Å². The van der Waals surface area contributed by atoms with Gasteiger partial charge in [0.25, 0.3) is 0 Å². The van der Waals surface area contributed by atoms with Crippen molar-refractivity contribution in [1.29, 1.82) is 0 Å². The number of hydrogen-bond acceptors (Lipinski definition) is 3. The molecular formula is C14H13BrN2S. The summed E-state index contributed by atoms with van der Waals surface area (Å²) in [7, 11) is 0. The van der Waals surface area contributed by atoms with E-state index in [1.807, 2.05) is 17.8 Å². The summed E-state index contributed by atoms with van der Waals surface area (Å²) in [6, 6.07) is 10.6. The van der Waals surface area contributed by atoms with Crippen molar-refractivity contribution >= 4 is 33.5 Å². The number of hydrogen-bond donors (Lipinski definition) is 1. The van der Waals surface area contributed by atoms with Crippen molar-refractivity contribution < 1.29 is 0 Å². The maximum absolute atomic E-state index is 5.91. The standard InChI is InChI=1S/C14H13BrN2S/c15-10-7-13(14(16)17-8-10)9-1-3-11(4-2-9)18-12-5-6-12/h1-4,7-8,12H,5-6H2,(H2,16,17). The van der Waals surface area contributed by atoms with E-state index in [1.165, 1.54) is 17.7 Å². The topological polar surface area (TPSA) is 38.9 Å². The van der Waals surface area contributed by atoms with Gasteiger partial charge in [0.2, 0.25) is 0 Å². The van der Waals surface area contributed by atoms with Crippen LogP contribution in [0.4, 0.5) is 5.82 Å². The molecule has 3 rings (SSSR count). The van der Waals surface area contributed by atoms with Crippen molar-refractivity contribution in [2.45, 2.75) is 23.0 Å². The highest BCUT2D eigenvalue weighted by Gasteiger charge is 2.22. The third-order valence-electron chi connectivity index (χ3n) is 2.88. The van der Waals surface area contributed by atoms with Crippen LogP contribution in [0.25, 0.3) is 11.1 Å². The zero-order chi connectivity index (χ0) is 12.5. The van der Waals surface area contributed by atoms with Crippen LogP contribution in [0.2, 0.25) is 0 Å². The lowest BCUT2D eigenvalue weighted by atomic mass is 10.1. The Morgan fingerprint density at radius 1 is 1.22 bits per heavy atom. The number of pyridine rings is 1. The van der Waals surface area contributed by atoms with Gasteiger partial charge in [-0.05, 0) is 52.5 Å². The lowest BCUT2D eigenvalue weighted by molar-refractivity contribution is 1.31. The molecule has 0 amide bonds. The zero-order valence-corrected chi connectivity index (χ0v) is 12.2. The molecule has 0 unspecified atom stereocenters. The minimum atomic E-state index is 0.570. The second-order valence-corrected chi connectivity index (χ2v) is 6.72. The summed E-state index contributed by atoms with van der Waals surface area (Å²) in [6.07, 6.45) is 4.43. The first-order chi connectivity index (χ1) is 8.72. The Hall–Kier alpha value is -1.00. The normalized spacial score (nSPS) is 14.7. The van der Waals surface area contributed by atoms with E-state index in [-0.39, 0.29) is 0 Å². The molecule has 1 aromatic carbocycles. The summed E-state index contributed by atoms with van der Waals surface area (Å²) in [4.78, 5) is 5.50. The summed E-state index contributed by atoms with van der Waals surface area (Å²) in [5.74, 6) is 0.570. The molecule has 4 heteroatoms. The molecule has 2 nitrogen and oxygen atoms in total. The molecule has 2 aromatic rings. The average Bonchev–Trinajstić information content (AvgIpc) is 3.17. The van der Waals surface area contributed by atoms with Gasteiger partial charge in [0.15, 0.2) is 0 Å². The largest absolute Gasteiger partial charge is 0.383 e. The summed E-state index contributed by atoms with van der Waals surface area (Å²) in [5.41, 5.74) is 8.00. The van der Waals surface area contributed by atoms with Crippen LogP contribution >= 0.6 is 27.7 Å². The predicted molar refractivity (Wildman–Crippen MR) is 80.7 cm³/mol. The third kappa shape index (κ3) is 2.70. The zero-order valence-electron chi connectivity index (χ0n) is 9.77. The monoisotopic (exact) mass is 320 g/mol. The molecule has 0 radical (unpaired) electrons. The van der Waals surface area contributed by atoms with Crippen LogP contribution in [0.15, 0.2) is 45.9 Å². The number of nitrogen functional groups attached to an aromatic ring is 1. The average molecular weight is 321 g/mol. The van der Waals surface area contributed by atoms with Crippen LogP contribution in [-0.4, -0.2) is 10.2 Å². The van der Waals surface area contributed by atoms with E-state index in [2.05, 4.69) is 45.2 Å². The number of halogens is 1. The molecule has 1 saturated carbocycles. The van der Waals surface area contributed by atoms with E-state index in [9.17, 15) is 0 Å². The molecule has 1 fully saturated rings. The van der Waals surface area contributed by atoms with Gasteiger partial charge in [-0.2, -0.15) is 0 Å². The summed E-state index contributed by atoms with van der Waals surface area (Å²) in [5, 5.41) is 0.841. The Bertz CT molecular complexity index is 565. The van der Waals surface area contributed by atoms with Crippen molar-refractivity contribution in [2.24, 2.45) is 0 Å². The van der Waals surface area contributed by atoms with Crippen LogP contribution in [0, 0.1) is 0 Å². The van der Waals surface area contributed by atoms with Crippen molar-refractivity contribution in [3.63, 3.8) is 0 Å². The molecule has 2 N–H and O–H groups in total. The molecule has 0 saturated heterocycles. The predicted octanol–water partition coefficient (Wildman–Crippen LogP) is 4.35. The fourth-order valence-corrected chi connectivity index (χ4v) is 3.15. The van der Waals surface area contributed by atoms with Gasteiger partial charge in [-0.1, -0.05) is 12.1 Å². The first-order valence-electron chi connectivity index (χ1n) is 5.90. The van der Waals surface area contributed by atoms with Crippen LogP contribution < -0.4 is 5.73 Å². The van der Waals surface area contributed by atoms with Gasteiger partial charge in [-0.3, -0.25) is 0 Å². The molecule has 1 heterocycles. The van der Waals surface area contributed by atoms with Crippen LogP contribution in [-0.2, 0) is 0 Å². The Morgan fingerprint density at radius 3 is 2.61 bits per heavy atom. The smallest absolute Gasteiger partial charge is 0.131 e. The SMILES string of the molecule is Nc1ncc(Br)cc1-c1ccc(SC2CC2)cc1. The van der Waals surface area contributed by atoms with E-state index in [4.69, 9.17) is 5.73 Å². The fraction of sp³-hybridized carbons (Fsp3) is 0.214. The van der Waals surface area contributed by atoms with Crippen molar-refractivity contribution in [2.75, 3.05) is 5.73 Å². The van der Waals surface area contributed by atoms with E-state index in [0.717, 1.165) is 20.8 Å². The van der Waals surface area contributed by atoms with Crippen molar-refractivity contribution in [1.82, 2.24) is 4.98 Å². The molecular weight excluding hydrogens is 308 g/mol. The Labute approximate surface area is 119 Å². The molecule has 92 valence electrons. The first kappa shape index (κ1) is 12.1. The first-order valence-corrected chi connectivity index (χ1v) is 7.58. The minimum Gasteiger partial charge on any atom is -0.383 e. The lowest BCUT2D eigenvalue weighted by Crippen LogP contribution is -1.93. The Kier molecular flexibility index (Phi) is 3.31. The molecule has 0 spiro atoms. The highest BCUT2D eigenvalue weighted by Crippen LogP contribution is 2.39. The Morgan fingerprint density at radius 2 is 1.94 bits per heavy atom. The van der Waals surface area contributed by atoms with Gasteiger partial charge < -0.3 is 5.73 Å². The molecule has 0 atom stereocenters. The number of benzene rings is 1. The minimum absolute atomic E-state index is 0.570. The van der Waals surface area contributed by atoms with E-state index < -0.39 is 0 Å². The molecule has 18 heavy (non-hydrogen) atoms. The number of rotatable bonds is 3. The third-order valence-corrected chi connectivity index (χ3v) is 4.66. The van der Waals surface area contributed by atoms with Crippen LogP contribution in [0.5, 0.6) is 0 Å². The molecule has 0 bridgehead atoms. The van der Waals surface area contributed by atoms with Gasteiger partial charge >= 0.3 is 0 Å². The van der Waals surface area contributed by atoms with Gasteiger partial charge in [-0.25, -0.2) is 4.98 Å². The fourth-order valence-electron chi connectivity index (χ4n) is 1.77. The molecule has 1 aromatic heterocycles. The Balaban J connectivity index is 1.88. The van der Waals surface area contributed by atoms with Gasteiger partial charge in [0.05, 0.1) is 0 Å². The number of thioether (sulfide) groups is 1. The lowest BCUT2D eigenvalue weighted by Gasteiger charge is -2.06. The summed E-state index contributed by atoms with van der Waals surface area (Å²) >= 11 is 5.39. The maximum Gasteiger partial charge on any atom is 0.131 e. The highest BCUT2D eigenvalue weighted by atomic mass is 79.9. The second-order valence-electron chi connectivity index (χ2n) is 4.43. The van der Waals surface area contributed by atoms with E-state index in [0.29, 0.717) is 5.82 Å². The molecule has 0 aliphatic heterocycles. The number of anilines is 1. The van der Waals surface area contributed by atoms with Gasteiger partial charge in [0.1, 0.15) is 5.82 Å². The summed E-state index contributed by atoms with van der Waals surface area (Å²) < 4.78 is 0.947. The van der Waals surface area contributed by atoms with E-state index in [1.54, 1.807) is 6.20 Å². The van der Waals surface area contributed by atoms with Gasteiger partial charge in [-0.15, -0.1) is 11.8 Å². The molecule has 1 aliphatic carbocycles. The number of nitrogens with zero attached hydrogens (tertiary/aromatic N) is 1. The van der Waals surface area contributed by atoms with Gasteiger partial charge in [0, 0.05) is 26.4 Å². The quantitative estimate of drug-likeness (QED) is 0.913.